The molecule has 0 atom stereocenters. The van der Waals surface area contributed by atoms with Crippen molar-refractivity contribution in [2.24, 2.45) is 5.73 Å². The van der Waals surface area contributed by atoms with Gasteiger partial charge in [0, 0.05) is 34.7 Å². The number of nitrogens with two attached hydrogens (primary N) is 1. The van der Waals surface area contributed by atoms with Crippen LogP contribution >= 0.6 is 0 Å². The molecule has 0 radical (unpaired) electrons. The topological polar surface area (TPSA) is 92.0 Å². The summed E-state index contributed by atoms with van der Waals surface area (Å²) in [7, 11) is 0. The zero-order chi connectivity index (χ0) is 23.2. The molecular formula is C26H28FN3O2. The minimum absolute atomic E-state index is 0.0395. The highest BCUT2D eigenvalue weighted by molar-refractivity contribution is 6.13. The Morgan fingerprint density at radius 1 is 1.12 bits per heavy atom. The Balaban J connectivity index is 0.00000119. The van der Waals surface area contributed by atoms with Crippen molar-refractivity contribution in [3.63, 3.8) is 0 Å². The van der Waals surface area contributed by atoms with Crippen molar-refractivity contribution >= 4 is 21.8 Å². The van der Waals surface area contributed by atoms with Gasteiger partial charge in [-0.05, 0) is 49.4 Å². The van der Waals surface area contributed by atoms with E-state index in [0.29, 0.717) is 39.5 Å². The van der Waals surface area contributed by atoms with Crippen molar-refractivity contribution in [1.29, 1.82) is 0 Å². The number of aromatic hydroxyl groups is 1. The van der Waals surface area contributed by atoms with E-state index in [1.807, 2.05) is 45.0 Å². The quantitative estimate of drug-likeness (QED) is 0.386. The van der Waals surface area contributed by atoms with Gasteiger partial charge in [0.1, 0.15) is 0 Å². The van der Waals surface area contributed by atoms with E-state index < -0.39 is 11.6 Å². The molecule has 166 valence electrons. The second-order valence-electron chi connectivity index (χ2n) is 8.28. The molecule has 2 aromatic heterocycles. The maximum Gasteiger partial charge on any atom is 0.258 e. The predicted octanol–water partition coefficient (Wildman–Crippen LogP) is 5.22. The van der Waals surface area contributed by atoms with E-state index in [2.05, 4.69) is 9.97 Å². The van der Waals surface area contributed by atoms with Gasteiger partial charge in [0.05, 0.1) is 16.4 Å². The number of phenols is 1. The number of hydrogen-bond acceptors (Lipinski definition) is 4. The number of nitrogens with zero attached hydrogens (tertiary/aromatic N) is 1. The molecule has 5 rings (SSSR count). The molecule has 0 saturated heterocycles. The molecule has 1 saturated carbocycles. The number of halogens is 1. The molecule has 6 heteroatoms. The zero-order valence-corrected chi connectivity index (χ0v) is 18.8. The van der Waals surface area contributed by atoms with E-state index in [4.69, 9.17) is 5.73 Å². The number of aromatic amines is 1. The first kappa shape index (κ1) is 22.0. The first-order valence-corrected chi connectivity index (χ1v) is 11.0. The molecule has 4 aromatic rings. The molecule has 4 N–H and O–H groups in total. The van der Waals surface area contributed by atoms with Gasteiger partial charge in [-0.25, -0.2) is 4.39 Å². The number of nitrogens with one attached hydrogen (secondary N) is 1. The highest BCUT2D eigenvalue weighted by Crippen LogP contribution is 2.48. The molecule has 0 spiro atoms. The number of pyridine rings is 2. The molecule has 5 nitrogen and oxygen atoms in total. The van der Waals surface area contributed by atoms with Crippen molar-refractivity contribution in [2.75, 3.05) is 6.54 Å². The van der Waals surface area contributed by atoms with Gasteiger partial charge in [0.2, 0.25) is 0 Å². The lowest BCUT2D eigenvalue weighted by atomic mass is 9.91. The van der Waals surface area contributed by atoms with Crippen LogP contribution in [0.4, 0.5) is 4.39 Å². The van der Waals surface area contributed by atoms with Gasteiger partial charge in [0.25, 0.3) is 5.56 Å². The number of phenolic OH excluding ortho intramolecular Hbond substituents is 1. The number of hydrogen-bond donors (Lipinski definition) is 3. The van der Waals surface area contributed by atoms with E-state index >= 15 is 0 Å². The van der Waals surface area contributed by atoms with E-state index in [9.17, 15) is 14.3 Å². The van der Waals surface area contributed by atoms with Crippen LogP contribution in [0.1, 0.15) is 43.4 Å². The Morgan fingerprint density at radius 3 is 2.38 bits per heavy atom. The van der Waals surface area contributed by atoms with Crippen LogP contribution in [0.25, 0.3) is 32.9 Å². The maximum atomic E-state index is 14.9. The summed E-state index contributed by atoms with van der Waals surface area (Å²) in [6.45, 7) is 7.96. The zero-order valence-electron chi connectivity index (χ0n) is 18.8. The lowest BCUT2D eigenvalue weighted by Crippen LogP contribution is -2.19. The van der Waals surface area contributed by atoms with Gasteiger partial charge in [-0.3, -0.25) is 9.78 Å². The summed E-state index contributed by atoms with van der Waals surface area (Å²) in [5, 5.41) is 11.8. The standard InChI is InChI=1S/C24H22FN3O2.C2H6/c1-12-7-10-27-21-16(12)23(30)28-20-13(2)19(25)22(29)17(18(20)21)14-3-5-15(6-4-14)24(11-26)8-9-24;1-2/h3-7,10,29H,8-9,11,26H2,1-2H3,(H,28,30);1-2H3. The number of rotatable bonds is 3. The average Bonchev–Trinajstić information content (AvgIpc) is 3.61. The van der Waals surface area contributed by atoms with Crippen LogP contribution in [-0.2, 0) is 5.41 Å². The largest absolute Gasteiger partial charge is 0.504 e. The minimum atomic E-state index is -0.746. The van der Waals surface area contributed by atoms with Crippen LogP contribution in [0.3, 0.4) is 0 Å². The van der Waals surface area contributed by atoms with Crippen LogP contribution in [0.15, 0.2) is 41.3 Å². The SMILES string of the molecule is CC.Cc1c(F)c(O)c(-c2ccc(C3(CN)CC3)cc2)c2c1[nH]c(=O)c1c(C)ccnc12. The van der Waals surface area contributed by atoms with Gasteiger partial charge < -0.3 is 15.8 Å². The molecule has 0 bridgehead atoms. The van der Waals surface area contributed by atoms with Gasteiger partial charge in [0.15, 0.2) is 11.6 Å². The molecular weight excluding hydrogens is 405 g/mol. The summed E-state index contributed by atoms with van der Waals surface area (Å²) in [6, 6.07) is 9.49. The second kappa shape index (κ2) is 8.02. The Morgan fingerprint density at radius 2 is 1.78 bits per heavy atom. The Hall–Kier alpha value is -3.25. The fourth-order valence-electron chi connectivity index (χ4n) is 4.46. The number of H-pyrrole nitrogens is 1. The van der Waals surface area contributed by atoms with Gasteiger partial charge >= 0.3 is 0 Å². The van der Waals surface area contributed by atoms with Crippen molar-refractivity contribution in [1.82, 2.24) is 9.97 Å². The summed E-state index contributed by atoms with van der Waals surface area (Å²) in [5.74, 6) is -1.19. The smallest absolute Gasteiger partial charge is 0.258 e. The number of aryl methyl sites for hydroxylation is 2. The van der Waals surface area contributed by atoms with Crippen LogP contribution < -0.4 is 11.3 Å². The molecule has 1 aliphatic carbocycles. The Labute approximate surface area is 186 Å². The van der Waals surface area contributed by atoms with Crippen molar-refractivity contribution in [3.05, 3.63) is 69.4 Å². The molecule has 0 amide bonds. The predicted molar refractivity (Wildman–Crippen MR) is 128 cm³/mol. The van der Waals surface area contributed by atoms with Crippen LogP contribution in [-0.4, -0.2) is 21.6 Å². The fourth-order valence-corrected chi connectivity index (χ4v) is 4.46. The summed E-state index contributed by atoms with van der Waals surface area (Å²) in [5.41, 5.74) is 9.55. The third kappa shape index (κ3) is 3.17. The van der Waals surface area contributed by atoms with Gasteiger partial charge in [-0.2, -0.15) is 0 Å². The molecule has 0 unspecified atom stereocenters. The molecule has 0 aliphatic heterocycles. The second-order valence-corrected chi connectivity index (χ2v) is 8.28. The summed E-state index contributed by atoms with van der Waals surface area (Å²) < 4.78 is 14.9. The lowest BCUT2D eigenvalue weighted by Gasteiger charge is -2.17. The minimum Gasteiger partial charge on any atom is -0.504 e. The highest BCUT2D eigenvalue weighted by atomic mass is 19.1. The van der Waals surface area contributed by atoms with Crippen molar-refractivity contribution in [2.45, 2.75) is 46.0 Å². The normalized spacial score (nSPS) is 14.3. The van der Waals surface area contributed by atoms with Crippen LogP contribution in [0, 0.1) is 19.7 Å². The Bertz CT molecular complexity index is 1390. The number of fused-ring (bicyclic) bond motifs is 3. The van der Waals surface area contributed by atoms with Crippen LogP contribution in [0.5, 0.6) is 5.75 Å². The van der Waals surface area contributed by atoms with E-state index in [1.54, 1.807) is 19.2 Å². The maximum absolute atomic E-state index is 14.9. The van der Waals surface area contributed by atoms with Crippen molar-refractivity contribution < 1.29 is 9.50 Å². The van der Waals surface area contributed by atoms with Crippen LogP contribution in [0.2, 0.25) is 0 Å². The average molecular weight is 434 g/mol. The monoisotopic (exact) mass is 433 g/mol. The Kier molecular flexibility index (Phi) is 5.51. The first-order chi connectivity index (χ1) is 15.4. The fraction of sp³-hybridized carbons (Fsp3) is 0.308. The molecule has 2 aromatic carbocycles. The summed E-state index contributed by atoms with van der Waals surface area (Å²) >= 11 is 0. The third-order valence-corrected chi connectivity index (χ3v) is 6.54. The number of benzene rings is 2. The molecule has 2 heterocycles. The van der Waals surface area contributed by atoms with Gasteiger partial charge in [-0.1, -0.05) is 38.1 Å². The molecule has 1 aliphatic rings. The highest BCUT2D eigenvalue weighted by Gasteiger charge is 2.42. The molecule has 32 heavy (non-hydrogen) atoms. The first-order valence-electron chi connectivity index (χ1n) is 11.0. The van der Waals surface area contributed by atoms with Crippen molar-refractivity contribution in [3.8, 4) is 16.9 Å². The van der Waals surface area contributed by atoms with E-state index in [0.717, 1.165) is 24.0 Å². The number of aromatic nitrogens is 2. The lowest BCUT2D eigenvalue weighted by molar-refractivity contribution is 0.433. The summed E-state index contributed by atoms with van der Waals surface area (Å²) in [4.78, 5) is 20.0. The van der Waals surface area contributed by atoms with Gasteiger partial charge in [-0.15, -0.1) is 0 Å². The molecule has 1 fully saturated rings. The summed E-state index contributed by atoms with van der Waals surface area (Å²) in [6.07, 6.45) is 3.74. The third-order valence-electron chi connectivity index (χ3n) is 6.54. The van der Waals surface area contributed by atoms with E-state index in [1.165, 1.54) is 0 Å². The van der Waals surface area contributed by atoms with E-state index in [-0.39, 0.29) is 16.5 Å².